The maximum atomic E-state index is 12.5. The van der Waals surface area contributed by atoms with Crippen LogP contribution in [0, 0.1) is 6.92 Å². The van der Waals surface area contributed by atoms with E-state index in [2.05, 4.69) is 15.9 Å². The van der Waals surface area contributed by atoms with Gasteiger partial charge in [-0.2, -0.15) is 0 Å². The summed E-state index contributed by atoms with van der Waals surface area (Å²) in [5, 5.41) is 0.724. The van der Waals surface area contributed by atoms with Crippen molar-refractivity contribution in [3.63, 3.8) is 0 Å². The van der Waals surface area contributed by atoms with Crippen molar-refractivity contribution in [2.24, 2.45) is 0 Å². The van der Waals surface area contributed by atoms with Crippen molar-refractivity contribution in [3.8, 4) is 0 Å². The van der Waals surface area contributed by atoms with E-state index in [4.69, 9.17) is 9.47 Å². The molecule has 96 valence electrons. The Bertz CT molecular complexity index is 497. The predicted molar refractivity (Wildman–Crippen MR) is 70.9 cm³/mol. The summed E-state index contributed by atoms with van der Waals surface area (Å²) in [6, 6.07) is 5.94. The Kier molecular flexibility index (Phi) is 2.92. The van der Waals surface area contributed by atoms with Crippen molar-refractivity contribution in [1.82, 2.24) is 0 Å². The Morgan fingerprint density at radius 2 is 2.11 bits per heavy atom. The molecule has 0 atom stereocenters. The Morgan fingerprint density at radius 1 is 1.39 bits per heavy atom. The number of carbonyl (C=O) groups excluding carboxylic acids is 1. The highest BCUT2D eigenvalue weighted by Crippen LogP contribution is 2.45. The molecule has 1 amide bonds. The number of carbonyl (C=O) groups is 1. The van der Waals surface area contributed by atoms with E-state index < -0.39 is 5.79 Å². The molecule has 1 aromatic rings. The quantitative estimate of drug-likeness (QED) is 0.784. The SMILES string of the molecule is Cc1ccc2c(c1)C1(OCCO1)C(=O)N2CCBr. The smallest absolute Gasteiger partial charge is 0.292 e. The van der Waals surface area contributed by atoms with Gasteiger partial charge in [-0.05, 0) is 19.1 Å². The summed E-state index contributed by atoms with van der Waals surface area (Å²) in [5.74, 6) is -1.30. The van der Waals surface area contributed by atoms with Gasteiger partial charge in [0.05, 0.1) is 18.9 Å². The molecule has 0 aromatic heterocycles. The molecule has 2 heterocycles. The number of benzene rings is 1. The third-order valence-corrected chi connectivity index (χ3v) is 3.68. The molecular weight excluding hydrogens is 298 g/mol. The normalized spacial score (nSPS) is 20.8. The van der Waals surface area contributed by atoms with Crippen LogP contribution in [0.3, 0.4) is 0 Å². The number of hydrogen-bond donors (Lipinski definition) is 0. The van der Waals surface area contributed by atoms with Crippen LogP contribution in [0.4, 0.5) is 5.69 Å². The van der Waals surface area contributed by atoms with Gasteiger partial charge in [-0.3, -0.25) is 4.79 Å². The number of halogens is 1. The molecule has 1 fully saturated rings. The molecule has 0 bridgehead atoms. The summed E-state index contributed by atoms with van der Waals surface area (Å²) in [6.07, 6.45) is 0. The molecule has 2 aliphatic heterocycles. The fourth-order valence-corrected chi connectivity index (χ4v) is 2.90. The van der Waals surface area contributed by atoms with Crippen LogP contribution in [0.15, 0.2) is 18.2 Å². The molecule has 1 spiro atoms. The number of ether oxygens (including phenoxy) is 2. The van der Waals surface area contributed by atoms with Gasteiger partial charge in [-0.15, -0.1) is 0 Å². The van der Waals surface area contributed by atoms with Crippen LogP contribution in [0.1, 0.15) is 11.1 Å². The van der Waals surface area contributed by atoms with Gasteiger partial charge < -0.3 is 14.4 Å². The van der Waals surface area contributed by atoms with E-state index in [1.54, 1.807) is 4.90 Å². The standard InChI is InChI=1S/C13H14BrNO3/c1-9-2-3-11-10(8-9)13(17-6-7-18-13)12(16)15(11)5-4-14/h2-3,8H,4-7H2,1H3. The fourth-order valence-electron chi connectivity index (χ4n) is 2.55. The average Bonchev–Trinajstić information content (AvgIpc) is 2.92. The molecule has 1 aromatic carbocycles. The highest BCUT2D eigenvalue weighted by Gasteiger charge is 2.55. The second-order valence-corrected chi connectivity index (χ2v) is 5.27. The Morgan fingerprint density at radius 3 is 2.78 bits per heavy atom. The largest absolute Gasteiger partial charge is 0.336 e. The first-order valence-electron chi connectivity index (χ1n) is 5.96. The van der Waals surface area contributed by atoms with E-state index in [1.807, 2.05) is 25.1 Å². The first-order valence-corrected chi connectivity index (χ1v) is 7.08. The molecule has 0 saturated carbocycles. The zero-order chi connectivity index (χ0) is 12.8. The second-order valence-electron chi connectivity index (χ2n) is 4.48. The van der Waals surface area contributed by atoms with E-state index in [9.17, 15) is 4.79 Å². The van der Waals surface area contributed by atoms with Crippen LogP contribution in [0.2, 0.25) is 0 Å². The van der Waals surface area contributed by atoms with E-state index >= 15 is 0 Å². The summed E-state index contributed by atoms with van der Waals surface area (Å²) in [7, 11) is 0. The third kappa shape index (κ3) is 1.54. The molecule has 0 radical (unpaired) electrons. The minimum Gasteiger partial charge on any atom is -0.336 e. The molecular formula is C13H14BrNO3. The minimum atomic E-state index is -1.19. The van der Waals surface area contributed by atoms with Crippen molar-refractivity contribution in [2.75, 3.05) is 30.0 Å². The number of nitrogens with zero attached hydrogens (tertiary/aromatic N) is 1. The van der Waals surface area contributed by atoms with E-state index in [0.29, 0.717) is 19.8 Å². The van der Waals surface area contributed by atoms with Gasteiger partial charge in [-0.1, -0.05) is 27.6 Å². The fraction of sp³-hybridized carbons (Fsp3) is 0.462. The Labute approximate surface area is 114 Å². The van der Waals surface area contributed by atoms with Crippen LogP contribution in [0.25, 0.3) is 0 Å². The van der Waals surface area contributed by atoms with Crippen molar-refractivity contribution < 1.29 is 14.3 Å². The minimum absolute atomic E-state index is 0.111. The third-order valence-electron chi connectivity index (χ3n) is 3.33. The monoisotopic (exact) mass is 311 g/mol. The first-order chi connectivity index (χ1) is 8.69. The number of anilines is 1. The maximum Gasteiger partial charge on any atom is 0.292 e. The van der Waals surface area contributed by atoms with Crippen molar-refractivity contribution in [2.45, 2.75) is 12.7 Å². The number of aryl methyl sites for hydroxylation is 1. The average molecular weight is 312 g/mol. The second kappa shape index (κ2) is 4.33. The van der Waals surface area contributed by atoms with Gasteiger partial charge in [0.15, 0.2) is 0 Å². The van der Waals surface area contributed by atoms with Gasteiger partial charge in [-0.25, -0.2) is 0 Å². The van der Waals surface area contributed by atoms with Gasteiger partial charge >= 0.3 is 0 Å². The van der Waals surface area contributed by atoms with Crippen LogP contribution in [0.5, 0.6) is 0 Å². The first kappa shape index (κ1) is 12.1. The molecule has 5 heteroatoms. The lowest BCUT2D eigenvalue weighted by molar-refractivity contribution is -0.180. The number of alkyl halides is 1. The van der Waals surface area contributed by atoms with Crippen LogP contribution in [-0.2, 0) is 20.1 Å². The summed E-state index contributed by atoms with van der Waals surface area (Å²) in [6.45, 7) is 3.53. The topological polar surface area (TPSA) is 38.8 Å². The van der Waals surface area contributed by atoms with Gasteiger partial charge in [0.2, 0.25) is 0 Å². The van der Waals surface area contributed by atoms with Crippen molar-refractivity contribution in [1.29, 1.82) is 0 Å². The number of amides is 1. The van der Waals surface area contributed by atoms with Gasteiger partial charge in [0.1, 0.15) is 0 Å². The lowest BCUT2D eigenvalue weighted by Crippen LogP contribution is -2.41. The summed E-state index contributed by atoms with van der Waals surface area (Å²) in [5.41, 5.74) is 2.83. The predicted octanol–water partition coefficient (Wildman–Crippen LogP) is 1.94. The van der Waals surface area contributed by atoms with Crippen molar-refractivity contribution in [3.05, 3.63) is 29.3 Å². The zero-order valence-electron chi connectivity index (χ0n) is 10.1. The van der Waals surface area contributed by atoms with Crippen LogP contribution >= 0.6 is 15.9 Å². The van der Waals surface area contributed by atoms with Crippen LogP contribution < -0.4 is 4.90 Å². The van der Waals surface area contributed by atoms with Gasteiger partial charge in [0.25, 0.3) is 11.7 Å². The highest BCUT2D eigenvalue weighted by molar-refractivity contribution is 9.09. The maximum absolute atomic E-state index is 12.5. The lowest BCUT2D eigenvalue weighted by atomic mass is 10.0. The van der Waals surface area contributed by atoms with Gasteiger partial charge in [0, 0.05) is 17.4 Å². The Hall–Kier alpha value is -0.910. The number of fused-ring (bicyclic) bond motifs is 2. The summed E-state index contributed by atoms with van der Waals surface area (Å²) < 4.78 is 11.3. The zero-order valence-corrected chi connectivity index (χ0v) is 11.7. The molecule has 0 aliphatic carbocycles. The highest BCUT2D eigenvalue weighted by atomic mass is 79.9. The molecule has 0 N–H and O–H groups in total. The molecule has 2 aliphatic rings. The molecule has 3 rings (SSSR count). The van der Waals surface area contributed by atoms with Crippen molar-refractivity contribution >= 4 is 27.5 Å². The van der Waals surface area contributed by atoms with Crippen LogP contribution in [-0.4, -0.2) is 31.0 Å². The Balaban J connectivity index is 2.14. The summed E-state index contributed by atoms with van der Waals surface area (Å²) in [4.78, 5) is 14.3. The van der Waals surface area contributed by atoms with E-state index in [1.165, 1.54) is 0 Å². The molecule has 1 saturated heterocycles. The molecule has 4 nitrogen and oxygen atoms in total. The number of rotatable bonds is 2. The lowest BCUT2D eigenvalue weighted by Gasteiger charge is -2.21. The molecule has 0 unspecified atom stereocenters. The number of hydrogen-bond acceptors (Lipinski definition) is 3. The van der Waals surface area contributed by atoms with E-state index in [0.717, 1.165) is 22.1 Å². The van der Waals surface area contributed by atoms with E-state index in [-0.39, 0.29) is 5.91 Å². The summed E-state index contributed by atoms with van der Waals surface area (Å²) >= 11 is 3.37. The molecule has 18 heavy (non-hydrogen) atoms.